The Hall–Kier alpha value is -0.0400. The molecule has 144 valence electrons. The zero-order valence-corrected chi connectivity index (χ0v) is 19.4. The minimum Gasteiger partial charge on any atom is -0.325 e. The molecule has 1 aliphatic carbocycles. The topological polar surface area (TPSA) is 26.0 Å². The first-order chi connectivity index (χ1) is 10.1. The van der Waals surface area contributed by atoms with Crippen molar-refractivity contribution in [2.75, 3.05) is 0 Å². The summed E-state index contributed by atoms with van der Waals surface area (Å²) in [6.45, 7) is 34.1. The predicted octanol–water partition coefficient (Wildman–Crippen LogP) is 6.90. The Kier molecular flexibility index (Phi) is 4.81. The van der Waals surface area contributed by atoms with Crippen molar-refractivity contribution in [3.05, 3.63) is 0 Å². The van der Waals surface area contributed by atoms with Crippen LogP contribution in [-0.4, -0.2) is 5.54 Å². The molecule has 1 fully saturated rings. The van der Waals surface area contributed by atoms with Gasteiger partial charge in [0.25, 0.3) is 0 Å². The lowest BCUT2D eigenvalue weighted by molar-refractivity contribution is -0.226. The molecule has 1 aliphatic rings. The first kappa shape index (κ1) is 22.0. The van der Waals surface area contributed by atoms with Crippen molar-refractivity contribution in [2.24, 2.45) is 44.1 Å². The zero-order chi connectivity index (χ0) is 19.8. The maximum Gasteiger partial charge on any atom is 0.0154 e. The summed E-state index contributed by atoms with van der Waals surface area (Å²) >= 11 is 0. The first-order valence-corrected chi connectivity index (χ1v) is 9.86. The fraction of sp³-hybridized carbons (Fsp3) is 1.00. The van der Waals surface area contributed by atoms with E-state index in [1.54, 1.807) is 0 Å². The fourth-order valence-corrected chi connectivity index (χ4v) is 6.24. The van der Waals surface area contributed by atoms with E-state index in [0.717, 1.165) is 0 Å². The zero-order valence-electron chi connectivity index (χ0n) is 19.4. The number of hydrogen-bond donors (Lipinski definition) is 1. The van der Waals surface area contributed by atoms with Crippen molar-refractivity contribution < 1.29 is 0 Å². The van der Waals surface area contributed by atoms with Gasteiger partial charge in [0.1, 0.15) is 0 Å². The van der Waals surface area contributed by atoms with Gasteiger partial charge in [-0.05, 0) is 58.7 Å². The predicted molar refractivity (Wildman–Crippen MR) is 109 cm³/mol. The van der Waals surface area contributed by atoms with E-state index in [9.17, 15) is 0 Å². The molecule has 0 unspecified atom stereocenters. The molecule has 0 bridgehead atoms. The van der Waals surface area contributed by atoms with Gasteiger partial charge in [-0.3, -0.25) is 0 Å². The summed E-state index contributed by atoms with van der Waals surface area (Å²) in [5, 5.41) is 0. The summed E-state index contributed by atoms with van der Waals surface area (Å²) in [5.74, 6) is 0.564. The third-order valence-corrected chi connectivity index (χ3v) is 9.76. The lowest BCUT2D eigenvalue weighted by atomic mass is 9.33. The minimum absolute atomic E-state index is 0.0166. The van der Waals surface area contributed by atoms with Crippen LogP contribution in [0.3, 0.4) is 0 Å². The van der Waals surface area contributed by atoms with E-state index < -0.39 is 0 Å². The highest BCUT2D eigenvalue weighted by atomic mass is 14.8. The van der Waals surface area contributed by atoms with Crippen LogP contribution in [0.2, 0.25) is 0 Å². The van der Waals surface area contributed by atoms with Crippen molar-refractivity contribution in [2.45, 2.75) is 109 Å². The van der Waals surface area contributed by atoms with Crippen molar-refractivity contribution in [1.29, 1.82) is 0 Å². The quantitative estimate of drug-likeness (QED) is 0.595. The normalized spacial score (nSPS) is 27.1. The summed E-state index contributed by atoms with van der Waals surface area (Å²) in [5.41, 5.74) is 7.67. The van der Waals surface area contributed by atoms with Crippen LogP contribution in [0, 0.1) is 38.4 Å². The van der Waals surface area contributed by atoms with Crippen LogP contribution in [-0.2, 0) is 0 Å². The fourth-order valence-electron chi connectivity index (χ4n) is 6.24. The van der Waals surface area contributed by atoms with Crippen molar-refractivity contribution >= 4 is 0 Å². The molecule has 0 aromatic rings. The third kappa shape index (κ3) is 2.68. The second kappa shape index (κ2) is 5.24. The van der Waals surface area contributed by atoms with E-state index >= 15 is 0 Å². The Bertz CT molecular complexity index is 455. The van der Waals surface area contributed by atoms with Gasteiger partial charge in [-0.1, -0.05) is 83.1 Å². The Morgan fingerprint density at radius 3 is 1.21 bits per heavy atom. The first-order valence-electron chi connectivity index (χ1n) is 9.86. The molecule has 0 aromatic carbocycles. The average Bonchev–Trinajstić information content (AvgIpc) is 2.21. The Morgan fingerprint density at radius 1 is 0.667 bits per heavy atom. The maximum absolute atomic E-state index is 6.72. The molecule has 1 saturated carbocycles. The molecule has 0 spiro atoms. The van der Waals surface area contributed by atoms with E-state index in [-0.39, 0.29) is 27.2 Å². The summed E-state index contributed by atoms with van der Waals surface area (Å²) in [6, 6.07) is 0. The molecule has 0 amide bonds. The lowest BCUT2D eigenvalue weighted by Gasteiger charge is -2.71. The largest absolute Gasteiger partial charge is 0.325 e. The Labute approximate surface area is 153 Å². The van der Waals surface area contributed by atoms with Gasteiger partial charge in [-0.2, -0.15) is 0 Å². The summed E-state index contributed by atoms with van der Waals surface area (Å²) < 4.78 is 0. The van der Waals surface area contributed by atoms with E-state index in [1.807, 2.05) is 0 Å². The third-order valence-electron chi connectivity index (χ3n) is 9.76. The Balaban J connectivity index is 3.73. The summed E-state index contributed by atoms with van der Waals surface area (Å²) in [7, 11) is 0. The second-order valence-corrected chi connectivity index (χ2v) is 12.9. The highest BCUT2D eigenvalue weighted by Gasteiger charge is 2.66. The molecule has 0 aliphatic heterocycles. The molecule has 2 N–H and O–H groups in total. The van der Waals surface area contributed by atoms with Crippen LogP contribution in [0.15, 0.2) is 0 Å². The van der Waals surface area contributed by atoms with E-state index in [4.69, 9.17) is 5.73 Å². The highest BCUT2D eigenvalue weighted by Crippen LogP contribution is 2.72. The number of rotatable bonds is 3. The molecule has 0 atom stereocenters. The van der Waals surface area contributed by atoms with E-state index in [2.05, 4.69) is 96.9 Å². The molecule has 1 rings (SSSR count). The SMILES string of the molecule is CC(C)(N)C(C)(C)C(C)(C)C1C(C)(C)C(C)(C)CC(C)(C)C1(C)C. The van der Waals surface area contributed by atoms with Gasteiger partial charge in [-0.15, -0.1) is 0 Å². The van der Waals surface area contributed by atoms with E-state index in [1.165, 1.54) is 6.42 Å². The lowest BCUT2D eigenvalue weighted by Crippen LogP contribution is -2.67. The molecule has 0 radical (unpaired) electrons. The van der Waals surface area contributed by atoms with Gasteiger partial charge in [0.05, 0.1) is 0 Å². The molecule has 0 heterocycles. The number of nitrogens with two attached hydrogens (primary N) is 1. The van der Waals surface area contributed by atoms with E-state index in [0.29, 0.717) is 16.7 Å². The van der Waals surface area contributed by atoms with Gasteiger partial charge in [0.2, 0.25) is 0 Å². The molecular formula is C23H47N. The molecule has 0 aromatic heterocycles. The summed E-state index contributed by atoms with van der Waals surface area (Å²) in [4.78, 5) is 0. The van der Waals surface area contributed by atoms with Crippen molar-refractivity contribution in [1.82, 2.24) is 0 Å². The van der Waals surface area contributed by atoms with Crippen molar-refractivity contribution in [3.63, 3.8) is 0 Å². The van der Waals surface area contributed by atoms with Gasteiger partial charge >= 0.3 is 0 Å². The van der Waals surface area contributed by atoms with Gasteiger partial charge in [0.15, 0.2) is 0 Å². The van der Waals surface area contributed by atoms with Crippen LogP contribution in [0.1, 0.15) is 103 Å². The van der Waals surface area contributed by atoms with Crippen LogP contribution >= 0.6 is 0 Å². The average molecular weight is 338 g/mol. The van der Waals surface area contributed by atoms with Gasteiger partial charge in [0, 0.05) is 5.54 Å². The van der Waals surface area contributed by atoms with Crippen LogP contribution < -0.4 is 5.73 Å². The second-order valence-electron chi connectivity index (χ2n) is 12.9. The Morgan fingerprint density at radius 2 is 0.958 bits per heavy atom. The highest BCUT2D eigenvalue weighted by molar-refractivity contribution is 5.16. The van der Waals surface area contributed by atoms with Gasteiger partial charge < -0.3 is 5.73 Å². The molecular weight excluding hydrogens is 290 g/mol. The van der Waals surface area contributed by atoms with Crippen LogP contribution in [0.5, 0.6) is 0 Å². The molecule has 24 heavy (non-hydrogen) atoms. The molecule has 1 heteroatoms. The van der Waals surface area contributed by atoms with Crippen LogP contribution in [0.25, 0.3) is 0 Å². The minimum atomic E-state index is -0.228. The summed E-state index contributed by atoms with van der Waals surface area (Å²) in [6.07, 6.45) is 1.26. The maximum atomic E-state index is 6.72. The molecule has 0 saturated heterocycles. The van der Waals surface area contributed by atoms with Crippen molar-refractivity contribution in [3.8, 4) is 0 Å². The standard InChI is InChI=1S/C23H47N/c1-17(2)15-18(3,4)20(7,8)16(19(17,5)6)21(9,10)22(11,12)23(13,14)24/h16H,15,24H2,1-14H3. The van der Waals surface area contributed by atoms with Crippen LogP contribution in [0.4, 0.5) is 0 Å². The monoisotopic (exact) mass is 337 g/mol. The van der Waals surface area contributed by atoms with Gasteiger partial charge in [-0.25, -0.2) is 0 Å². The smallest absolute Gasteiger partial charge is 0.0154 e. The molecule has 1 nitrogen and oxygen atoms in total. The number of hydrogen-bond acceptors (Lipinski definition) is 1.